The number of benzene rings is 6. The lowest BCUT2D eigenvalue weighted by Gasteiger charge is -2.60. The van der Waals surface area contributed by atoms with E-state index in [9.17, 15) is 20.3 Å². The number of aliphatic hydroxyl groups excluding tert-OH is 2. The van der Waals surface area contributed by atoms with Gasteiger partial charge in [-0.25, -0.2) is 0 Å². The maximum atomic E-state index is 15.7. The number of hydrogen-bond acceptors (Lipinski definition) is 10. The molecule has 1 amide bonds. The molecule has 6 aromatic carbocycles. The molecule has 400 valence electrons. The number of allylic oxidation sites excluding steroid dienone is 1. The third-order valence-electron chi connectivity index (χ3n) is 16.6. The van der Waals surface area contributed by atoms with Gasteiger partial charge in [0.05, 0.1) is 23.2 Å². The average Bonchev–Trinajstić information content (AvgIpc) is 4.05. The molecular formula is C65H71N3O9. The number of oxime groups is 1. The summed E-state index contributed by atoms with van der Waals surface area (Å²) in [5.74, 6) is 0.262. The molecule has 12 heteroatoms. The topological polar surface area (TPSA) is 153 Å². The van der Waals surface area contributed by atoms with Crippen molar-refractivity contribution in [2.24, 2.45) is 28.8 Å². The average molecular weight is 1040 g/mol. The van der Waals surface area contributed by atoms with Crippen LogP contribution in [0.15, 0.2) is 169 Å². The van der Waals surface area contributed by atoms with E-state index in [2.05, 4.69) is 73.3 Å². The molecule has 0 aromatic heterocycles. The molecule has 77 heavy (non-hydrogen) atoms. The quantitative estimate of drug-likeness (QED) is 0.0261. The van der Waals surface area contributed by atoms with Gasteiger partial charge in [0.1, 0.15) is 29.9 Å². The number of nitro benzene ring substituents is 1. The summed E-state index contributed by atoms with van der Waals surface area (Å²) >= 11 is 0. The van der Waals surface area contributed by atoms with Crippen LogP contribution < -0.4 is 9.47 Å². The number of carbonyl (C=O) groups is 1. The van der Waals surface area contributed by atoms with Crippen LogP contribution in [0.2, 0.25) is 0 Å². The highest BCUT2D eigenvalue weighted by Crippen LogP contribution is 2.62. The van der Waals surface area contributed by atoms with Gasteiger partial charge in [-0.15, -0.1) is 6.58 Å². The molecule has 1 heterocycles. The van der Waals surface area contributed by atoms with Gasteiger partial charge in [0.2, 0.25) is 11.7 Å². The van der Waals surface area contributed by atoms with Crippen molar-refractivity contribution in [3.63, 3.8) is 0 Å². The van der Waals surface area contributed by atoms with Crippen molar-refractivity contribution in [1.82, 2.24) is 4.90 Å². The number of nitro groups is 1. The first-order chi connectivity index (χ1) is 37.8. The first-order valence-electron chi connectivity index (χ1n) is 27.8. The Hall–Kier alpha value is -7.12. The summed E-state index contributed by atoms with van der Waals surface area (Å²) in [6.07, 6.45) is 14.5. The SMILES string of the molecule is C=CCOC12Oc3ccc(Oc4ccc(-c5ccccc5)cc4)cc3C3C(CCCCO)C(CCCCO)C=C(C(=NOCc4ccc([N+](=O)[O-])cc4)CC1N(Cc1cccc4ccccc14)C(=O)CCC1CCCC1)C32. The predicted octanol–water partition coefficient (Wildman–Crippen LogP) is 14.0. The standard InChI is InChI=1S/C65H71N3O9/c1-2-39-74-65-61(67(62(71)36-27-45-15-6-7-16-45)43-51-22-14-21-49-19-8-9-23-55(49)51)42-59(66-75-44-46-25-30-52(31-26-46)68(72)73)57-40-50(20-10-12-37-69)56(24-11-13-38-70)63(64(57)65)58-41-54(34-35-60(58)77-65)76-53-32-28-48(29-33-53)47-17-4-3-5-18-47/h2-5,8-9,14,17-19,21-23,25-26,28-35,40-41,45,50,56,61,63-64,69-70H,1,6-7,10-13,15-16,20,24,27,36-39,42-44H2. The van der Waals surface area contributed by atoms with Crippen molar-refractivity contribution in [1.29, 1.82) is 0 Å². The smallest absolute Gasteiger partial charge is 0.269 e. The molecule has 6 aromatic rings. The summed E-state index contributed by atoms with van der Waals surface area (Å²) in [5.41, 5.74) is 6.46. The van der Waals surface area contributed by atoms with Crippen LogP contribution in [0.1, 0.15) is 106 Å². The molecule has 2 N–H and O–H groups in total. The molecule has 2 fully saturated rings. The molecule has 0 saturated heterocycles. The molecule has 12 nitrogen and oxygen atoms in total. The van der Waals surface area contributed by atoms with Crippen LogP contribution in [0.5, 0.6) is 17.2 Å². The second-order valence-electron chi connectivity index (χ2n) is 21.3. The van der Waals surface area contributed by atoms with Gasteiger partial charge in [-0.05, 0) is 131 Å². The number of amides is 1. The van der Waals surface area contributed by atoms with Gasteiger partial charge in [0.15, 0.2) is 0 Å². The van der Waals surface area contributed by atoms with Crippen LogP contribution in [0.25, 0.3) is 21.9 Å². The van der Waals surface area contributed by atoms with Crippen molar-refractivity contribution < 1.29 is 39.0 Å². The van der Waals surface area contributed by atoms with Crippen molar-refractivity contribution in [3.05, 3.63) is 191 Å². The highest BCUT2D eigenvalue weighted by Gasteiger charge is 2.65. The zero-order valence-corrected chi connectivity index (χ0v) is 43.9. The highest BCUT2D eigenvalue weighted by atomic mass is 16.7. The number of non-ortho nitro benzene ring substituents is 1. The fourth-order valence-corrected chi connectivity index (χ4v) is 12.8. The molecule has 3 aliphatic carbocycles. The summed E-state index contributed by atoms with van der Waals surface area (Å²) < 4.78 is 21.8. The van der Waals surface area contributed by atoms with Gasteiger partial charge in [-0.3, -0.25) is 14.9 Å². The Labute approximate surface area is 452 Å². The van der Waals surface area contributed by atoms with E-state index in [-0.39, 0.29) is 68.7 Å². The molecular weight excluding hydrogens is 967 g/mol. The minimum atomic E-state index is -1.45. The van der Waals surface area contributed by atoms with Crippen LogP contribution in [0.4, 0.5) is 5.69 Å². The Morgan fingerprint density at radius 2 is 1.53 bits per heavy atom. The van der Waals surface area contributed by atoms with Crippen molar-refractivity contribution in [2.75, 3.05) is 19.8 Å². The Balaban J connectivity index is 1.14. The van der Waals surface area contributed by atoms with Crippen LogP contribution in [-0.4, -0.2) is 63.3 Å². The van der Waals surface area contributed by atoms with E-state index in [0.29, 0.717) is 53.7 Å². The maximum Gasteiger partial charge on any atom is 0.269 e. The second kappa shape index (κ2) is 24.9. The molecule has 6 unspecified atom stereocenters. The minimum Gasteiger partial charge on any atom is -0.459 e. The van der Waals surface area contributed by atoms with Gasteiger partial charge < -0.3 is 34.2 Å². The summed E-state index contributed by atoms with van der Waals surface area (Å²) in [6, 6.07) is 44.5. The van der Waals surface area contributed by atoms with Gasteiger partial charge in [-0.2, -0.15) is 0 Å². The Bertz CT molecular complexity index is 3040. The molecule has 1 aliphatic heterocycles. The van der Waals surface area contributed by atoms with E-state index >= 15 is 4.79 Å². The molecule has 4 aliphatic rings. The number of aliphatic hydroxyl groups is 2. The Morgan fingerprint density at radius 1 is 0.818 bits per heavy atom. The first-order valence-corrected chi connectivity index (χ1v) is 27.8. The molecule has 10 rings (SSSR count). The van der Waals surface area contributed by atoms with E-state index in [4.69, 9.17) is 24.2 Å². The largest absolute Gasteiger partial charge is 0.459 e. The first kappa shape index (κ1) is 53.3. The lowest BCUT2D eigenvalue weighted by atomic mass is 9.55. The van der Waals surface area contributed by atoms with Crippen LogP contribution in [0.3, 0.4) is 0 Å². The number of rotatable bonds is 24. The molecule has 0 spiro atoms. The minimum absolute atomic E-state index is 0.00867. The second-order valence-corrected chi connectivity index (χ2v) is 21.3. The fraction of sp³-hybridized carbons (Fsp3) is 0.385. The number of ether oxygens (including phenoxy) is 3. The van der Waals surface area contributed by atoms with Gasteiger partial charge in [0.25, 0.3) is 5.69 Å². The van der Waals surface area contributed by atoms with Crippen molar-refractivity contribution >= 4 is 28.1 Å². The van der Waals surface area contributed by atoms with E-state index in [1.807, 2.05) is 59.5 Å². The zero-order chi connectivity index (χ0) is 53.1. The van der Waals surface area contributed by atoms with E-state index in [1.165, 1.54) is 25.0 Å². The summed E-state index contributed by atoms with van der Waals surface area (Å²) in [5, 5.41) is 39.1. The van der Waals surface area contributed by atoms with Gasteiger partial charge in [0, 0.05) is 56.2 Å². The Morgan fingerprint density at radius 3 is 2.29 bits per heavy atom. The molecule has 0 bridgehead atoms. The van der Waals surface area contributed by atoms with Crippen LogP contribution in [-0.2, 0) is 27.5 Å². The number of hydrogen-bond donors (Lipinski definition) is 2. The van der Waals surface area contributed by atoms with Crippen molar-refractivity contribution in [2.45, 2.75) is 114 Å². The summed E-state index contributed by atoms with van der Waals surface area (Å²) in [6.45, 7) is 4.79. The lowest BCUT2D eigenvalue weighted by Crippen LogP contribution is -2.70. The summed E-state index contributed by atoms with van der Waals surface area (Å²) in [7, 11) is 0. The fourth-order valence-electron chi connectivity index (χ4n) is 12.8. The van der Waals surface area contributed by atoms with Crippen LogP contribution >= 0.6 is 0 Å². The molecule has 2 saturated carbocycles. The predicted molar refractivity (Wildman–Crippen MR) is 300 cm³/mol. The number of nitrogens with zero attached hydrogens (tertiary/aromatic N) is 3. The summed E-state index contributed by atoms with van der Waals surface area (Å²) in [4.78, 5) is 35.2. The third-order valence-corrected chi connectivity index (χ3v) is 16.6. The van der Waals surface area contributed by atoms with E-state index < -0.39 is 22.7 Å². The van der Waals surface area contributed by atoms with Gasteiger partial charge in [-0.1, -0.05) is 141 Å². The normalized spacial score (nSPS) is 22.1. The number of carbonyl (C=O) groups excluding carboxylic acids is 1. The van der Waals surface area contributed by atoms with E-state index in [1.54, 1.807) is 18.2 Å². The van der Waals surface area contributed by atoms with Gasteiger partial charge >= 0.3 is 0 Å². The van der Waals surface area contributed by atoms with Crippen molar-refractivity contribution in [3.8, 4) is 28.4 Å². The zero-order valence-electron chi connectivity index (χ0n) is 43.9. The highest BCUT2D eigenvalue weighted by molar-refractivity contribution is 6.03. The number of unbranched alkanes of at least 4 members (excludes halogenated alkanes) is 2. The third kappa shape index (κ3) is 11.9. The maximum absolute atomic E-state index is 15.7. The lowest BCUT2D eigenvalue weighted by molar-refractivity contribution is -0.384. The number of fused-ring (bicyclic) bond motifs is 3. The monoisotopic (exact) mass is 1040 g/mol. The Kier molecular flexibility index (Phi) is 17.2. The van der Waals surface area contributed by atoms with Crippen LogP contribution in [0, 0.1) is 33.8 Å². The van der Waals surface area contributed by atoms with E-state index in [0.717, 1.165) is 83.5 Å². The molecule has 6 atom stereocenters. The molecule has 0 radical (unpaired) electrons.